The van der Waals surface area contributed by atoms with Crippen LogP contribution >= 0.6 is 23.4 Å². The van der Waals surface area contributed by atoms with E-state index in [9.17, 15) is 18.8 Å². The molecule has 0 aliphatic heterocycles. The molecule has 1 aromatic heterocycles. The van der Waals surface area contributed by atoms with Gasteiger partial charge in [-0.25, -0.2) is 9.37 Å². The van der Waals surface area contributed by atoms with E-state index < -0.39 is 0 Å². The van der Waals surface area contributed by atoms with Crippen molar-refractivity contribution in [2.24, 2.45) is 0 Å². The van der Waals surface area contributed by atoms with Crippen molar-refractivity contribution >= 4 is 35.2 Å². The van der Waals surface area contributed by atoms with Gasteiger partial charge in [0.2, 0.25) is 11.8 Å². The molecule has 4 rings (SSSR count). The Kier molecular flexibility index (Phi) is 10.3. The van der Waals surface area contributed by atoms with Crippen LogP contribution in [0.2, 0.25) is 5.02 Å². The summed E-state index contributed by atoms with van der Waals surface area (Å²) >= 11 is 7.35. The Morgan fingerprint density at radius 3 is 2.46 bits per heavy atom. The predicted molar refractivity (Wildman–Crippen MR) is 160 cm³/mol. The fourth-order valence-electron chi connectivity index (χ4n) is 4.28. The van der Waals surface area contributed by atoms with E-state index >= 15 is 0 Å². The molecular formula is C31H30ClFN4O3S. The molecule has 212 valence electrons. The van der Waals surface area contributed by atoms with E-state index in [2.05, 4.69) is 15.3 Å². The highest BCUT2D eigenvalue weighted by Crippen LogP contribution is 2.26. The maximum absolute atomic E-state index is 13.4. The van der Waals surface area contributed by atoms with Crippen LogP contribution in [0.4, 0.5) is 4.39 Å². The van der Waals surface area contributed by atoms with Gasteiger partial charge >= 0.3 is 0 Å². The summed E-state index contributed by atoms with van der Waals surface area (Å²) in [5, 5.41) is 3.70. The summed E-state index contributed by atoms with van der Waals surface area (Å²) in [6.07, 6.45) is 0.152. The highest BCUT2D eigenvalue weighted by atomic mass is 35.5. The van der Waals surface area contributed by atoms with Gasteiger partial charge in [-0.2, -0.15) is 0 Å². The number of benzene rings is 3. The smallest absolute Gasteiger partial charge is 0.255 e. The van der Waals surface area contributed by atoms with E-state index in [4.69, 9.17) is 11.6 Å². The van der Waals surface area contributed by atoms with Crippen LogP contribution in [-0.4, -0.2) is 40.3 Å². The fraction of sp³-hybridized carbons (Fsp3) is 0.226. The first kappa shape index (κ1) is 30.0. The van der Waals surface area contributed by atoms with Crippen LogP contribution in [0.3, 0.4) is 0 Å². The van der Waals surface area contributed by atoms with E-state index in [1.807, 2.05) is 48.5 Å². The number of carbonyl (C=O) groups excluding carboxylic acids is 2. The standard InChI is InChI=1S/C31H30ClFN4O3S/c1-20(38)34-16-15-27-28(35-31(36-30(27)40)41-19-21-7-13-25(33)14-8-21)17-29(39)37(2)18-23-5-3-4-6-26(23)22-9-11-24(32)12-10-22/h3-14H,15-19H2,1-2H3,(H,34,38)(H,35,36,40). The highest BCUT2D eigenvalue weighted by Gasteiger charge is 2.19. The lowest BCUT2D eigenvalue weighted by atomic mass is 9.99. The molecule has 0 bridgehead atoms. The lowest BCUT2D eigenvalue weighted by Gasteiger charge is -2.20. The summed E-state index contributed by atoms with van der Waals surface area (Å²) in [6, 6.07) is 21.5. The normalized spacial score (nSPS) is 10.8. The Morgan fingerprint density at radius 2 is 1.76 bits per heavy atom. The number of rotatable bonds is 11. The van der Waals surface area contributed by atoms with Crippen LogP contribution in [0.15, 0.2) is 82.7 Å². The van der Waals surface area contributed by atoms with Gasteiger partial charge in [-0.3, -0.25) is 14.4 Å². The minimum absolute atomic E-state index is 0.0803. The molecule has 4 aromatic rings. The van der Waals surface area contributed by atoms with Crippen LogP contribution < -0.4 is 10.9 Å². The lowest BCUT2D eigenvalue weighted by molar-refractivity contribution is -0.129. The van der Waals surface area contributed by atoms with Gasteiger partial charge in [0.05, 0.1) is 12.1 Å². The topological polar surface area (TPSA) is 95.2 Å². The molecule has 0 atom stereocenters. The number of aromatic amines is 1. The van der Waals surface area contributed by atoms with Crippen LogP contribution in [0.25, 0.3) is 11.1 Å². The average Bonchev–Trinajstić information content (AvgIpc) is 2.94. The SMILES string of the molecule is CC(=O)NCCc1c(CC(=O)N(C)Cc2ccccc2-c2ccc(Cl)cc2)nc(SCc2ccc(F)cc2)[nH]c1=O. The number of H-pyrrole nitrogens is 1. The van der Waals surface area contributed by atoms with Gasteiger partial charge < -0.3 is 15.2 Å². The third kappa shape index (κ3) is 8.52. The molecule has 10 heteroatoms. The first-order valence-electron chi connectivity index (χ1n) is 13.0. The molecule has 0 saturated heterocycles. The van der Waals surface area contributed by atoms with E-state index in [1.165, 1.54) is 30.8 Å². The monoisotopic (exact) mass is 592 g/mol. The van der Waals surface area contributed by atoms with Gasteiger partial charge in [0.1, 0.15) is 5.82 Å². The minimum atomic E-state index is -0.356. The molecule has 0 saturated carbocycles. The van der Waals surface area contributed by atoms with Crippen LogP contribution in [0.5, 0.6) is 0 Å². The first-order valence-corrected chi connectivity index (χ1v) is 14.4. The van der Waals surface area contributed by atoms with Gasteiger partial charge in [-0.1, -0.05) is 71.9 Å². The molecule has 0 fully saturated rings. The molecule has 2 amide bonds. The largest absolute Gasteiger partial charge is 0.356 e. The van der Waals surface area contributed by atoms with E-state index in [0.29, 0.717) is 33.7 Å². The third-order valence-electron chi connectivity index (χ3n) is 6.44. The molecule has 0 aliphatic rings. The van der Waals surface area contributed by atoms with E-state index in [-0.39, 0.29) is 42.6 Å². The number of aromatic nitrogens is 2. The third-order valence-corrected chi connectivity index (χ3v) is 7.64. The molecule has 0 unspecified atom stereocenters. The van der Waals surface area contributed by atoms with Gasteiger partial charge in [0.15, 0.2) is 5.16 Å². The van der Waals surface area contributed by atoms with Crippen molar-refractivity contribution in [3.8, 4) is 11.1 Å². The van der Waals surface area contributed by atoms with E-state index in [1.54, 1.807) is 24.1 Å². The summed E-state index contributed by atoms with van der Waals surface area (Å²) in [6.45, 7) is 2.00. The zero-order valence-electron chi connectivity index (χ0n) is 22.7. The summed E-state index contributed by atoms with van der Waals surface area (Å²) in [7, 11) is 1.72. The lowest BCUT2D eigenvalue weighted by Crippen LogP contribution is -2.31. The zero-order valence-corrected chi connectivity index (χ0v) is 24.3. The van der Waals surface area contributed by atoms with Gasteiger partial charge in [-0.05, 0) is 52.9 Å². The quantitative estimate of drug-likeness (QED) is 0.180. The van der Waals surface area contributed by atoms with Crippen LogP contribution in [-0.2, 0) is 34.7 Å². The number of halogens is 2. The van der Waals surface area contributed by atoms with Crippen molar-refractivity contribution in [2.45, 2.75) is 37.2 Å². The number of nitrogens with zero attached hydrogens (tertiary/aromatic N) is 2. The second-order valence-corrected chi connectivity index (χ2v) is 10.9. The Morgan fingerprint density at radius 1 is 1.05 bits per heavy atom. The van der Waals surface area contributed by atoms with Gasteiger partial charge in [-0.15, -0.1) is 0 Å². The minimum Gasteiger partial charge on any atom is -0.356 e. The number of amides is 2. The molecule has 3 aromatic carbocycles. The molecule has 0 aliphatic carbocycles. The van der Waals surface area contributed by atoms with Crippen LogP contribution in [0.1, 0.15) is 29.3 Å². The number of likely N-dealkylation sites (N-methyl/N-ethyl adjacent to an activating group) is 1. The van der Waals surface area contributed by atoms with Gasteiger partial charge in [0.25, 0.3) is 5.56 Å². The number of hydrogen-bond acceptors (Lipinski definition) is 5. The van der Waals surface area contributed by atoms with Crippen LogP contribution in [0, 0.1) is 5.82 Å². The highest BCUT2D eigenvalue weighted by molar-refractivity contribution is 7.98. The van der Waals surface area contributed by atoms with Crippen molar-refractivity contribution < 1.29 is 14.0 Å². The Balaban J connectivity index is 1.54. The number of nitrogens with one attached hydrogen (secondary N) is 2. The van der Waals surface area contributed by atoms with Crippen molar-refractivity contribution in [3.05, 3.63) is 116 Å². The molecule has 1 heterocycles. The van der Waals surface area contributed by atoms with Crippen molar-refractivity contribution in [1.82, 2.24) is 20.2 Å². The number of carbonyl (C=O) groups is 2. The molecule has 7 nitrogen and oxygen atoms in total. The fourth-order valence-corrected chi connectivity index (χ4v) is 5.24. The van der Waals surface area contributed by atoms with Crippen molar-refractivity contribution in [1.29, 1.82) is 0 Å². The summed E-state index contributed by atoms with van der Waals surface area (Å²) in [4.78, 5) is 46.9. The average molecular weight is 593 g/mol. The summed E-state index contributed by atoms with van der Waals surface area (Å²) < 4.78 is 13.3. The van der Waals surface area contributed by atoms with Crippen molar-refractivity contribution in [3.63, 3.8) is 0 Å². The second-order valence-electron chi connectivity index (χ2n) is 9.54. The Hall–Kier alpha value is -3.95. The predicted octanol–water partition coefficient (Wildman–Crippen LogP) is 5.40. The Labute approximate surface area is 247 Å². The summed E-state index contributed by atoms with van der Waals surface area (Å²) in [5.41, 5.74) is 4.18. The molecule has 0 radical (unpaired) electrons. The molecule has 0 spiro atoms. The maximum atomic E-state index is 13.4. The maximum Gasteiger partial charge on any atom is 0.255 e. The summed E-state index contributed by atoms with van der Waals surface area (Å²) in [5.74, 6) is -0.278. The second kappa shape index (κ2) is 14.1. The van der Waals surface area contributed by atoms with Crippen molar-refractivity contribution in [2.75, 3.05) is 13.6 Å². The molecule has 2 N–H and O–H groups in total. The molecule has 41 heavy (non-hydrogen) atoms. The Bertz CT molecular complexity index is 1580. The zero-order chi connectivity index (χ0) is 29.4. The number of hydrogen-bond donors (Lipinski definition) is 2. The molecular weight excluding hydrogens is 563 g/mol. The number of thioether (sulfide) groups is 1. The first-order chi connectivity index (χ1) is 19.7. The van der Waals surface area contributed by atoms with Gasteiger partial charge in [0, 0.05) is 43.4 Å². The van der Waals surface area contributed by atoms with E-state index in [0.717, 1.165) is 22.3 Å².